The Morgan fingerprint density at radius 3 is 2.81 bits per heavy atom. The quantitative estimate of drug-likeness (QED) is 0.813. The summed E-state index contributed by atoms with van der Waals surface area (Å²) in [5.41, 5.74) is 0.991. The average Bonchev–Trinajstić information content (AvgIpc) is 2.46. The Labute approximate surface area is 129 Å². The second-order valence-corrected chi connectivity index (χ2v) is 7.25. The molecule has 1 aliphatic carbocycles. The van der Waals surface area contributed by atoms with Gasteiger partial charge in [0.05, 0.1) is 6.10 Å². The molecule has 120 valence electrons. The Morgan fingerprint density at radius 1 is 1.48 bits per heavy atom. The Kier molecular flexibility index (Phi) is 5.13. The van der Waals surface area contributed by atoms with Gasteiger partial charge in [-0.3, -0.25) is 4.79 Å². The zero-order valence-electron chi connectivity index (χ0n) is 14.0. The summed E-state index contributed by atoms with van der Waals surface area (Å²) < 4.78 is 0. The summed E-state index contributed by atoms with van der Waals surface area (Å²) in [6.07, 6.45) is 7.56. The first-order valence-corrected chi connectivity index (χ1v) is 8.62. The smallest absolute Gasteiger partial charge is 0.224 e. The average molecular weight is 293 g/mol. The Morgan fingerprint density at radius 2 is 2.19 bits per heavy atom. The molecule has 21 heavy (non-hydrogen) atoms. The van der Waals surface area contributed by atoms with E-state index in [1.54, 1.807) is 0 Å². The van der Waals surface area contributed by atoms with Crippen LogP contribution >= 0.6 is 0 Å². The van der Waals surface area contributed by atoms with E-state index in [-0.39, 0.29) is 23.3 Å². The van der Waals surface area contributed by atoms with E-state index in [1.807, 2.05) is 0 Å². The van der Waals surface area contributed by atoms with Crippen molar-refractivity contribution in [3.05, 3.63) is 11.8 Å². The first kappa shape index (κ1) is 16.5. The van der Waals surface area contributed by atoms with Gasteiger partial charge in [0.1, 0.15) is 0 Å². The maximum atomic E-state index is 11.7. The molecule has 1 fully saturated rings. The number of nitrogens with one attached hydrogen (secondary N) is 1. The van der Waals surface area contributed by atoms with Gasteiger partial charge in [0, 0.05) is 17.5 Å². The molecule has 0 saturated carbocycles. The van der Waals surface area contributed by atoms with E-state index in [0.717, 1.165) is 25.0 Å². The Balaban J connectivity index is 2.34. The van der Waals surface area contributed by atoms with Crippen LogP contribution in [0.5, 0.6) is 0 Å². The van der Waals surface area contributed by atoms with E-state index in [9.17, 15) is 9.90 Å². The summed E-state index contributed by atoms with van der Waals surface area (Å²) in [4.78, 5) is 11.7. The Bertz CT molecular complexity index is 417. The minimum atomic E-state index is -0.280. The third kappa shape index (κ3) is 3.03. The molecule has 0 radical (unpaired) electrons. The molecule has 2 aliphatic rings. The lowest BCUT2D eigenvalue weighted by atomic mass is 9.56. The van der Waals surface area contributed by atoms with Crippen molar-refractivity contribution < 1.29 is 9.90 Å². The second-order valence-electron chi connectivity index (χ2n) is 7.25. The van der Waals surface area contributed by atoms with Crippen LogP contribution in [0, 0.1) is 23.2 Å². The molecule has 0 aromatic rings. The second kappa shape index (κ2) is 6.51. The van der Waals surface area contributed by atoms with Crippen molar-refractivity contribution in [3.8, 4) is 0 Å². The largest absolute Gasteiger partial charge is 0.393 e. The van der Waals surface area contributed by atoms with Gasteiger partial charge in [0.15, 0.2) is 0 Å². The van der Waals surface area contributed by atoms with Crippen LogP contribution in [0.2, 0.25) is 0 Å². The van der Waals surface area contributed by atoms with Gasteiger partial charge in [0.25, 0.3) is 0 Å². The number of aliphatic hydroxyl groups excluding tert-OH is 1. The van der Waals surface area contributed by atoms with Crippen LogP contribution in [0.3, 0.4) is 0 Å². The van der Waals surface area contributed by atoms with E-state index in [0.29, 0.717) is 18.3 Å². The number of carbonyl (C=O) groups excluding carboxylic acids is 1. The molecule has 3 nitrogen and oxygen atoms in total. The summed E-state index contributed by atoms with van der Waals surface area (Å²) in [6, 6.07) is 0. The van der Waals surface area contributed by atoms with Crippen LogP contribution in [0.15, 0.2) is 11.8 Å². The highest BCUT2D eigenvalue weighted by atomic mass is 16.3. The maximum Gasteiger partial charge on any atom is 0.224 e. The van der Waals surface area contributed by atoms with Crippen molar-refractivity contribution in [2.45, 2.75) is 72.3 Å². The highest BCUT2D eigenvalue weighted by molar-refractivity contribution is 5.79. The molecule has 0 aromatic heterocycles. The van der Waals surface area contributed by atoms with Crippen molar-refractivity contribution in [2.75, 3.05) is 0 Å². The fourth-order valence-electron chi connectivity index (χ4n) is 4.59. The van der Waals surface area contributed by atoms with Crippen LogP contribution < -0.4 is 5.32 Å². The Hall–Kier alpha value is -0.830. The number of rotatable bonds is 5. The first-order chi connectivity index (χ1) is 9.93. The summed E-state index contributed by atoms with van der Waals surface area (Å²) >= 11 is 0. The van der Waals surface area contributed by atoms with Crippen molar-refractivity contribution in [2.24, 2.45) is 23.2 Å². The molecule has 3 heteroatoms. The van der Waals surface area contributed by atoms with E-state index in [1.165, 1.54) is 12.8 Å². The number of aliphatic hydroxyl groups is 1. The first-order valence-electron chi connectivity index (χ1n) is 8.62. The molecule has 1 heterocycles. The van der Waals surface area contributed by atoms with Crippen LogP contribution in [-0.2, 0) is 4.79 Å². The van der Waals surface area contributed by atoms with Gasteiger partial charge in [-0.1, -0.05) is 46.6 Å². The molecule has 1 aliphatic heterocycles. The van der Waals surface area contributed by atoms with Crippen molar-refractivity contribution in [1.29, 1.82) is 0 Å². The van der Waals surface area contributed by atoms with Crippen molar-refractivity contribution in [1.82, 2.24) is 5.32 Å². The van der Waals surface area contributed by atoms with E-state index < -0.39 is 0 Å². The number of carbonyl (C=O) groups is 1. The maximum absolute atomic E-state index is 11.7. The number of hydrogen-bond donors (Lipinski definition) is 2. The minimum Gasteiger partial charge on any atom is -0.393 e. The van der Waals surface area contributed by atoms with Gasteiger partial charge in [-0.15, -0.1) is 0 Å². The summed E-state index contributed by atoms with van der Waals surface area (Å²) in [7, 11) is 0. The summed E-state index contributed by atoms with van der Waals surface area (Å²) in [5, 5.41) is 13.8. The molecule has 0 aromatic carbocycles. The van der Waals surface area contributed by atoms with Gasteiger partial charge < -0.3 is 10.4 Å². The normalized spacial score (nSPS) is 35.5. The standard InChI is InChI=1S/C18H31NO2/c1-5-7-12(3)13-8-9-15-18(4,11-10-16(21)19-15)17(13)14(20)6-2/h9,12-14,17,20H,5-8,10-11H2,1-4H3,(H,19,21)/t12?,13?,14-,17?,18-/m0/s1. The molecule has 1 saturated heterocycles. The molecule has 2 rings (SSSR count). The fraction of sp³-hybridized carbons (Fsp3) is 0.833. The van der Waals surface area contributed by atoms with Crippen LogP contribution in [0.25, 0.3) is 0 Å². The van der Waals surface area contributed by atoms with Gasteiger partial charge >= 0.3 is 0 Å². The molecule has 5 atom stereocenters. The highest BCUT2D eigenvalue weighted by Crippen LogP contribution is 2.53. The predicted molar refractivity (Wildman–Crippen MR) is 85.5 cm³/mol. The highest BCUT2D eigenvalue weighted by Gasteiger charge is 2.50. The lowest BCUT2D eigenvalue weighted by Crippen LogP contribution is -2.52. The van der Waals surface area contributed by atoms with Gasteiger partial charge in [-0.2, -0.15) is 0 Å². The predicted octanol–water partition coefficient (Wildman–Crippen LogP) is 3.63. The topological polar surface area (TPSA) is 49.3 Å². The number of allylic oxidation sites excluding steroid dienone is 2. The molecule has 3 unspecified atom stereocenters. The monoisotopic (exact) mass is 293 g/mol. The zero-order valence-corrected chi connectivity index (χ0v) is 14.0. The SMILES string of the molecule is CCCC(C)C1CC=C2NC(=O)CC[C@]2(C)C1[C@@H](O)CC. The fourth-order valence-corrected chi connectivity index (χ4v) is 4.59. The van der Waals surface area contributed by atoms with Crippen LogP contribution in [-0.4, -0.2) is 17.1 Å². The number of hydrogen-bond acceptors (Lipinski definition) is 2. The molecule has 1 amide bonds. The van der Waals surface area contributed by atoms with E-state index in [2.05, 4.69) is 39.1 Å². The molecular weight excluding hydrogens is 262 g/mol. The van der Waals surface area contributed by atoms with Gasteiger partial charge in [-0.25, -0.2) is 0 Å². The molecule has 0 bridgehead atoms. The van der Waals surface area contributed by atoms with Gasteiger partial charge in [-0.05, 0) is 37.0 Å². The van der Waals surface area contributed by atoms with Crippen molar-refractivity contribution in [3.63, 3.8) is 0 Å². The van der Waals surface area contributed by atoms with Crippen LogP contribution in [0.4, 0.5) is 0 Å². The lowest BCUT2D eigenvalue weighted by molar-refractivity contribution is -0.125. The van der Waals surface area contributed by atoms with Crippen LogP contribution in [0.1, 0.15) is 66.2 Å². The van der Waals surface area contributed by atoms with Gasteiger partial charge in [0.2, 0.25) is 5.91 Å². The zero-order chi connectivity index (χ0) is 15.6. The van der Waals surface area contributed by atoms with E-state index in [4.69, 9.17) is 0 Å². The van der Waals surface area contributed by atoms with E-state index >= 15 is 0 Å². The molecule has 2 N–H and O–H groups in total. The number of fused-ring (bicyclic) bond motifs is 1. The third-order valence-corrected chi connectivity index (χ3v) is 5.86. The molecule has 0 spiro atoms. The lowest BCUT2D eigenvalue weighted by Gasteiger charge is -2.52. The number of amides is 1. The number of piperidine rings is 1. The summed E-state index contributed by atoms with van der Waals surface area (Å²) in [6.45, 7) is 8.86. The summed E-state index contributed by atoms with van der Waals surface area (Å²) in [5.74, 6) is 1.52. The third-order valence-electron chi connectivity index (χ3n) is 5.86. The molecular formula is C18H31NO2. The minimum absolute atomic E-state index is 0.0751. The van der Waals surface area contributed by atoms with Crippen molar-refractivity contribution >= 4 is 5.91 Å².